The van der Waals surface area contributed by atoms with Gasteiger partial charge in [-0.25, -0.2) is 4.98 Å². The normalized spacial score (nSPS) is 19.9. The molecule has 2 aliphatic rings. The summed E-state index contributed by atoms with van der Waals surface area (Å²) in [6.45, 7) is 1.82. The molecule has 6 heteroatoms. The first-order valence-corrected chi connectivity index (χ1v) is 8.51. The molecule has 1 atom stereocenters. The lowest BCUT2D eigenvalue weighted by molar-refractivity contribution is 0.232. The maximum Gasteiger partial charge on any atom is 0.149 e. The maximum absolute atomic E-state index is 10.6. The van der Waals surface area contributed by atoms with E-state index in [4.69, 9.17) is 16.9 Å². The van der Waals surface area contributed by atoms with Crippen molar-refractivity contribution in [2.24, 2.45) is 0 Å². The van der Waals surface area contributed by atoms with Crippen LogP contribution in [0.3, 0.4) is 0 Å². The zero-order valence-corrected chi connectivity index (χ0v) is 14.4. The minimum Gasteiger partial charge on any atom is -0.370 e. The fourth-order valence-electron chi connectivity index (χ4n) is 3.26. The molecule has 0 bridgehead atoms. The number of aliphatic hydroxyl groups is 1. The van der Waals surface area contributed by atoms with Crippen LogP contribution in [0.2, 0.25) is 5.02 Å². The molecule has 3 N–H and O–H groups in total. The van der Waals surface area contributed by atoms with E-state index < -0.39 is 6.23 Å². The molecule has 0 amide bonds. The van der Waals surface area contributed by atoms with E-state index in [-0.39, 0.29) is 5.54 Å². The second kappa shape index (κ2) is 5.76. The third-order valence-electron chi connectivity index (χ3n) is 4.79. The van der Waals surface area contributed by atoms with Crippen molar-refractivity contribution < 1.29 is 5.11 Å². The van der Waals surface area contributed by atoms with Gasteiger partial charge in [-0.3, -0.25) is 0 Å². The fraction of sp³-hybridized carbons (Fsp3) is 0.263. The zero-order valence-electron chi connectivity index (χ0n) is 13.7. The van der Waals surface area contributed by atoms with Gasteiger partial charge in [0.05, 0.1) is 16.8 Å². The molecule has 0 saturated heterocycles. The standard InChI is InChI=1S/C19H17ClN4O/c1-11-12(10-21)2-5-17(22-11)24-19(6-7-19)15-9-13-8-14(20)3-4-16(13)23-18(15)25/h2-5,8-9,18,23,25H,6-7H2,1H3,(H,22,24). The van der Waals surface area contributed by atoms with Crippen molar-refractivity contribution in [3.8, 4) is 6.07 Å². The fourth-order valence-corrected chi connectivity index (χ4v) is 3.44. The zero-order chi connectivity index (χ0) is 17.6. The molecule has 2 aromatic rings. The Labute approximate surface area is 151 Å². The summed E-state index contributed by atoms with van der Waals surface area (Å²) in [5.41, 5.74) is 3.65. The van der Waals surface area contributed by atoms with Gasteiger partial charge in [-0.05, 0) is 61.7 Å². The molecule has 4 rings (SSSR count). The van der Waals surface area contributed by atoms with Crippen molar-refractivity contribution in [3.63, 3.8) is 0 Å². The average Bonchev–Trinajstić information content (AvgIpc) is 3.35. The number of anilines is 2. The molecule has 0 spiro atoms. The predicted octanol–water partition coefficient (Wildman–Crippen LogP) is 3.69. The summed E-state index contributed by atoms with van der Waals surface area (Å²) >= 11 is 6.09. The van der Waals surface area contributed by atoms with Crippen molar-refractivity contribution in [3.05, 3.63) is 57.7 Å². The molecule has 1 saturated carbocycles. The minimum absolute atomic E-state index is 0.319. The molecular weight excluding hydrogens is 336 g/mol. The summed E-state index contributed by atoms with van der Waals surface area (Å²) in [5, 5.41) is 26.8. The van der Waals surface area contributed by atoms with Gasteiger partial charge in [-0.1, -0.05) is 11.6 Å². The van der Waals surface area contributed by atoms with Crippen molar-refractivity contribution in [1.82, 2.24) is 4.98 Å². The van der Waals surface area contributed by atoms with E-state index in [1.165, 1.54) is 0 Å². The number of aromatic nitrogens is 1. The lowest BCUT2D eigenvalue weighted by Gasteiger charge is -2.31. The van der Waals surface area contributed by atoms with Gasteiger partial charge in [-0.2, -0.15) is 5.26 Å². The number of benzene rings is 1. The quantitative estimate of drug-likeness (QED) is 0.785. The Morgan fingerprint density at radius 3 is 2.84 bits per heavy atom. The van der Waals surface area contributed by atoms with Gasteiger partial charge in [0.2, 0.25) is 0 Å². The van der Waals surface area contributed by atoms with E-state index in [0.29, 0.717) is 22.1 Å². The average molecular weight is 353 g/mol. The number of rotatable bonds is 3. The first-order chi connectivity index (χ1) is 12.0. The second-order valence-electron chi connectivity index (χ2n) is 6.53. The van der Waals surface area contributed by atoms with Crippen molar-refractivity contribution in [2.45, 2.75) is 31.5 Å². The number of nitrogens with one attached hydrogen (secondary N) is 2. The van der Waals surface area contributed by atoms with E-state index in [1.54, 1.807) is 18.2 Å². The van der Waals surface area contributed by atoms with Crippen LogP contribution in [0.25, 0.3) is 6.08 Å². The van der Waals surface area contributed by atoms with Gasteiger partial charge < -0.3 is 15.7 Å². The molecule has 1 aromatic heterocycles. The van der Waals surface area contributed by atoms with Crippen molar-refractivity contribution in [2.75, 3.05) is 10.6 Å². The summed E-state index contributed by atoms with van der Waals surface area (Å²) in [4.78, 5) is 4.46. The van der Waals surface area contributed by atoms with E-state index in [0.717, 1.165) is 29.7 Å². The largest absolute Gasteiger partial charge is 0.370 e. The number of fused-ring (bicyclic) bond motifs is 1. The minimum atomic E-state index is -0.761. The third-order valence-corrected chi connectivity index (χ3v) is 5.02. The van der Waals surface area contributed by atoms with Gasteiger partial charge in [-0.15, -0.1) is 0 Å². The Kier molecular flexibility index (Phi) is 3.68. The van der Waals surface area contributed by atoms with Crippen LogP contribution < -0.4 is 10.6 Å². The number of halogens is 1. The number of nitriles is 1. The number of aliphatic hydroxyl groups excluding tert-OH is 1. The van der Waals surface area contributed by atoms with Crippen LogP contribution in [0.1, 0.15) is 29.7 Å². The van der Waals surface area contributed by atoms with E-state index in [9.17, 15) is 5.11 Å². The van der Waals surface area contributed by atoms with Crippen LogP contribution in [0.5, 0.6) is 0 Å². The monoisotopic (exact) mass is 352 g/mol. The Morgan fingerprint density at radius 2 is 2.16 bits per heavy atom. The molecule has 2 heterocycles. The molecule has 1 aliphatic heterocycles. The summed E-state index contributed by atoms with van der Waals surface area (Å²) in [7, 11) is 0. The lowest BCUT2D eigenvalue weighted by atomic mass is 9.95. The highest BCUT2D eigenvalue weighted by Crippen LogP contribution is 2.48. The van der Waals surface area contributed by atoms with Crippen LogP contribution >= 0.6 is 11.6 Å². The molecule has 25 heavy (non-hydrogen) atoms. The molecule has 1 aliphatic carbocycles. The van der Waals surface area contributed by atoms with Crippen LogP contribution in [-0.4, -0.2) is 21.9 Å². The predicted molar refractivity (Wildman–Crippen MR) is 98.3 cm³/mol. The Bertz CT molecular complexity index is 928. The van der Waals surface area contributed by atoms with E-state index in [2.05, 4.69) is 21.7 Å². The Balaban J connectivity index is 1.67. The van der Waals surface area contributed by atoms with Crippen molar-refractivity contribution >= 4 is 29.2 Å². The Morgan fingerprint density at radius 1 is 1.36 bits per heavy atom. The number of nitrogens with zero attached hydrogens (tertiary/aromatic N) is 2. The second-order valence-corrected chi connectivity index (χ2v) is 6.96. The van der Waals surface area contributed by atoms with E-state index in [1.807, 2.05) is 25.1 Å². The highest BCUT2D eigenvalue weighted by Gasteiger charge is 2.49. The molecule has 0 radical (unpaired) electrons. The summed E-state index contributed by atoms with van der Waals surface area (Å²) in [5.74, 6) is 0.707. The third kappa shape index (κ3) is 2.84. The first kappa shape index (κ1) is 15.9. The molecule has 5 nitrogen and oxygen atoms in total. The molecule has 1 unspecified atom stereocenters. The lowest BCUT2D eigenvalue weighted by Crippen LogP contribution is -2.37. The number of hydrogen-bond acceptors (Lipinski definition) is 5. The van der Waals surface area contributed by atoms with Crippen LogP contribution in [-0.2, 0) is 0 Å². The summed E-state index contributed by atoms with van der Waals surface area (Å²) < 4.78 is 0. The molecule has 126 valence electrons. The molecular formula is C19H17ClN4O. The highest BCUT2D eigenvalue weighted by molar-refractivity contribution is 6.30. The van der Waals surface area contributed by atoms with Gasteiger partial charge in [0.25, 0.3) is 0 Å². The topological polar surface area (TPSA) is 81.0 Å². The van der Waals surface area contributed by atoms with Gasteiger partial charge >= 0.3 is 0 Å². The molecule has 1 aromatic carbocycles. The first-order valence-electron chi connectivity index (χ1n) is 8.13. The molecule has 1 fully saturated rings. The van der Waals surface area contributed by atoms with E-state index >= 15 is 0 Å². The summed E-state index contributed by atoms with van der Waals surface area (Å²) in [6, 6.07) is 11.2. The number of aryl methyl sites for hydroxylation is 1. The number of pyridine rings is 1. The van der Waals surface area contributed by atoms with Gasteiger partial charge in [0, 0.05) is 16.3 Å². The van der Waals surface area contributed by atoms with Gasteiger partial charge in [0.1, 0.15) is 18.1 Å². The summed E-state index contributed by atoms with van der Waals surface area (Å²) in [6.07, 6.45) is 3.06. The van der Waals surface area contributed by atoms with Gasteiger partial charge in [0.15, 0.2) is 0 Å². The SMILES string of the molecule is Cc1nc(NC2(C3=Cc4cc(Cl)ccc4NC3O)CC2)ccc1C#N. The van der Waals surface area contributed by atoms with Crippen LogP contribution in [0, 0.1) is 18.3 Å². The Hall–Kier alpha value is -2.55. The smallest absolute Gasteiger partial charge is 0.149 e. The van der Waals surface area contributed by atoms with Crippen LogP contribution in [0.4, 0.5) is 11.5 Å². The highest BCUT2D eigenvalue weighted by atomic mass is 35.5. The van der Waals surface area contributed by atoms with Crippen LogP contribution in [0.15, 0.2) is 35.9 Å². The maximum atomic E-state index is 10.6. The van der Waals surface area contributed by atoms with Crippen molar-refractivity contribution in [1.29, 1.82) is 5.26 Å². The number of hydrogen-bond donors (Lipinski definition) is 3.